The predicted octanol–water partition coefficient (Wildman–Crippen LogP) is 2.46. The highest BCUT2D eigenvalue weighted by Crippen LogP contribution is 2.26. The Balaban J connectivity index is 1.98. The fraction of sp³-hybridized carbons (Fsp3) is 1.00. The van der Waals surface area contributed by atoms with Gasteiger partial charge >= 0.3 is 0 Å². The number of alkyl halides is 1. The lowest BCUT2D eigenvalue weighted by atomic mass is 9.97. The molecule has 1 atom stereocenters. The second-order valence-corrected chi connectivity index (χ2v) is 8.65. The molecule has 112 valence electrons. The van der Waals surface area contributed by atoms with Crippen LogP contribution in [0.2, 0.25) is 0 Å². The molecule has 2 saturated heterocycles. The molecule has 0 bridgehead atoms. The summed E-state index contributed by atoms with van der Waals surface area (Å²) in [6.07, 6.45) is 5.23. The summed E-state index contributed by atoms with van der Waals surface area (Å²) in [5.41, 5.74) is 0. The predicted molar refractivity (Wildman–Crippen MR) is 81.6 cm³/mol. The second kappa shape index (κ2) is 6.87. The van der Waals surface area contributed by atoms with Crippen LogP contribution in [0.5, 0.6) is 0 Å². The zero-order valence-corrected chi connectivity index (χ0v) is 14.1. The van der Waals surface area contributed by atoms with Gasteiger partial charge in [0, 0.05) is 31.5 Å². The van der Waals surface area contributed by atoms with Crippen molar-refractivity contribution >= 4 is 26.1 Å². The number of halogens is 1. The third-order valence-corrected chi connectivity index (χ3v) is 6.85. The van der Waals surface area contributed by atoms with E-state index < -0.39 is 10.2 Å². The van der Waals surface area contributed by atoms with Gasteiger partial charge in [-0.25, -0.2) is 0 Å². The van der Waals surface area contributed by atoms with Gasteiger partial charge in [-0.05, 0) is 43.9 Å². The first kappa shape index (κ1) is 15.7. The molecule has 0 N–H and O–H groups in total. The van der Waals surface area contributed by atoms with Crippen LogP contribution in [0.3, 0.4) is 0 Å². The van der Waals surface area contributed by atoms with Gasteiger partial charge in [0.05, 0.1) is 0 Å². The topological polar surface area (TPSA) is 40.6 Å². The van der Waals surface area contributed by atoms with E-state index in [9.17, 15) is 8.42 Å². The first-order valence-electron chi connectivity index (χ1n) is 7.35. The van der Waals surface area contributed by atoms with Crippen molar-refractivity contribution in [2.75, 3.05) is 31.5 Å². The zero-order valence-electron chi connectivity index (χ0n) is 11.7. The average molecular weight is 353 g/mol. The normalized spacial score (nSPS) is 28.6. The van der Waals surface area contributed by atoms with Crippen LogP contribution in [0.1, 0.15) is 39.0 Å². The van der Waals surface area contributed by atoms with Gasteiger partial charge < -0.3 is 0 Å². The van der Waals surface area contributed by atoms with Crippen molar-refractivity contribution in [3.63, 3.8) is 0 Å². The maximum atomic E-state index is 12.6. The van der Waals surface area contributed by atoms with E-state index in [1.165, 1.54) is 0 Å². The molecule has 0 aromatic rings. The molecule has 0 aromatic carbocycles. The van der Waals surface area contributed by atoms with Crippen LogP contribution in [0.25, 0.3) is 0 Å². The van der Waals surface area contributed by atoms with Gasteiger partial charge in [0.1, 0.15) is 0 Å². The van der Waals surface area contributed by atoms with E-state index in [2.05, 4.69) is 22.9 Å². The largest absolute Gasteiger partial charge is 0.281 e. The number of rotatable bonds is 4. The number of hydrogen-bond donors (Lipinski definition) is 0. The number of hydrogen-bond acceptors (Lipinski definition) is 2. The van der Waals surface area contributed by atoms with Gasteiger partial charge in [-0.2, -0.15) is 17.0 Å². The standard InChI is InChI=1S/C13H25BrN2O2S/c1-12-5-9-15(10-6-12)19(17,18)16-8-2-3-13(11-16)4-7-14/h12-13H,2-11H2,1H3. The summed E-state index contributed by atoms with van der Waals surface area (Å²) >= 11 is 3.46. The minimum absolute atomic E-state index is 0.520. The second-order valence-electron chi connectivity index (χ2n) is 5.93. The fourth-order valence-electron chi connectivity index (χ4n) is 3.01. The minimum Gasteiger partial charge on any atom is -0.195 e. The van der Waals surface area contributed by atoms with Crippen LogP contribution in [0.4, 0.5) is 0 Å². The summed E-state index contributed by atoms with van der Waals surface area (Å²) in [5, 5.41) is 0.965. The van der Waals surface area contributed by atoms with Crippen LogP contribution >= 0.6 is 15.9 Å². The molecule has 0 spiro atoms. The SMILES string of the molecule is CC1CCN(S(=O)(=O)N2CCCC(CCBr)C2)CC1. The van der Waals surface area contributed by atoms with Gasteiger partial charge in [-0.3, -0.25) is 0 Å². The van der Waals surface area contributed by atoms with Gasteiger partial charge in [-0.1, -0.05) is 22.9 Å². The molecule has 0 aromatic heterocycles. The maximum absolute atomic E-state index is 12.6. The summed E-state index contributed by atoms with van der Waals surface area (Å²) in [6.45, 7) is 5.01. The Hall–Kier alpha value is 0.350. The Labute approximate surface area is 125 Å². The van der Waals surface area contributed by atoms with E-state index in [-0.39, 0.29) is 0 Å². The lowest BCUT2D eigenvalue weighted by molar-refractivity contribution is 0.224. The number of piperidine rings is 2. The summed E-state index contributed by atoms with van der Waals surface area (Å²) in [6, 6.07) is 0. The third-order valence-electron chi connectivity index (χ3n) is 4.39. The highest BCUT2D eigenvalue weighted by atomic mass is 79.9. The van der Waals surface area contributed by atoms with Crippen LogP contribution < -0.4 is 0 Å². The van der Waals surface area contributed by atoms with Crippen LogP contribution in [-0.2, 0) is 10.2 Å². The lowest BCUT2D eigenvalue weighted by Gasteiger charge is -2.37. The first-order chi connectivity index (χ1) is 9.04. The van der Waals surface area contributed by atoms with Crippen molar-refractivity contribution in [2.24, 2.45) is 11.8 Å². The summed E-state index contributed by atoms with van der Waals surface area (Å²) in [4.78, 5) is 0. The van der Waals surface area contributed by atoms with Crippen molar-refractivity contribution in [2.45, 2.75) is 39.0 Å². The molecule has 0 amide bonds. The highest BCUT2D eigenvalue weighted by molar-refractivity contribution is 9.09. The summed E-state index contributed by atoms with van der Waals surface area (Å²) in [7, 11) is -3.21. The molecular formula is C13H25BrN2O2S. The Morgan fingerprint density at radius 1 is 1.11 bits per heavy atom. The first-order valence-corrected chi connectivity index (χ1v) is 9.87. The fourth-order valence-corrected chi connectivity index (χ4v) is 5.41. The van der Waals surface area contributed by atoms with E-state index in [0.717, 1.165) is 37.4 Å². The van der Waals surface area contributed by atoms with Crippen molar-refractivity contribution in [3.05, 3.63) is 0 Å². The summed E-state index contributed by atoms with van der Waals surface area (Å²) < 4.78 is 28.7. The van der Waals surface area contributed by atoms with Crippen molar-refractivity contribution in [1.82, 2.24) is 8.61 Å². The van der Waals surface area contributed by atoms with E-state index in [4.69, 9.17) is 0 Å². The Kier molecular flexibility index (Phi) is 5.69. The molecule has 2 aliphatic rings. The molecule has 6 heteroatoms. The Morgan fingerprint density at radius 2 is 1.79 bits per heavy atom. The highest BCUT2D eigenvalue weighted by Gasteiger charge is 2.34. The molecular weight excluding hydrogens is 328 g/mol. The molecule has 4 nitrogen and oxygen atoms in total. The van der Waals surface area contributed by atoms with E-state index in [1.54, 1.807) is 8.61 Å². The van der Waals surface area contributed by atoms with E-state index in [1.807, 2.05) is 0 Å². The van der Waals surface area contributed by atoms with E-state index >= 15 is 0 Å². The maximum Gasteiger partial charge on any atom is 0.281 e. The molecule has 19 heavy (non-hydrogen) atoms. The monoisotopic (exact) mass is 352 g/mol. The van der Waals surface area contributed by atoms with Crippen LogP contribution in [0, 0.1) is 11.8 Å². The molecule has 0 aliphatic carbocycles. The van der Waals surface area contributed by atoms with E-state index in [0.29, 0.717) is 38.0 Å². The minimum atomic E-state index is -3.21. The van der Waals surface area contributed by atoms with Crippen molar-refractivity contribution in [1.29, 1.82) is 0 Å². The van der Waals surface area contributed by atoms with Crippen LogP contribution in [-0.4, -0.2) is 48.5 Å². The molecule has 2 fully saturated rings. The van der Waals surface area contributed by atoms with Gasteiger partial charge in [0.25, 0.3) is 10.2 Å². The number of nitrogens with zero attached hydrogens (tertiary/aromatic N) is 2. The quantitative estimate of drug-likeness (QED) is 0.729. The summed E-state index contributed by atoms with van der Waals surface area (Å²) in [5.74, 6) is 1.18. The zero-order chi connectivity index (χ0) is 13.9. The molecule has 2 rings (SSSR count). The van der Waals surface area contributed by atoms with Crippen molar-refractivity contribution < 1.29 is 8.42 Å². The molecule has 1 unspecified atom stereocenters. The van der Waals surface area contributed by atoms with Crippen molar-refractivity contribution in [3.8, 4) is 0 Å². The van der Waals surface area contributed by atoms with Gasteiger partial charge in [0.15, 0.2) is 0 Å². The molecule has 2 aliphatic heterocycles. The van der Waals surface area contributed by atoms with Gasteiger partial charge in [0.2, 0.25) is 0 Å². The third kappa shape index (κ3) is 3.93. The van der Waals surface area contributed by atoms with Crippen LogP contribution in [0.15, 0.2) is 0 Å². The molecule has 0 saturated carbocycles. The molecule has 0 radical (unpaired) electrons. The average Bonchev–Trinajstić information content (AvgIpc) is 2.40. The smallest absolute Gasteiger partial charge is 0.195 e. The van der Waals surface area contributed by atoms with Gasteiger partial charge in [-0.15, -0.1) is 0 Å². The Bertz CT molecular complexity index is 378. The Morgan fingerprint density at radius 3 is 2.42 bits per heavy atom. The molecule has 2 heterocycles. The lowest BCUT2D eigenvalue weighted by Crippen LogP contribution is -2.50.